The van der Waals surface area contributed by atoms with Crippen LogP contribution in [0.3, 0.4) is 0 Å². The summed E-state index contributed by atoms with van der Waals surface area (Å²) in [6.45, 7) is 0. The van der Waals surface area contributed by atoms with Gasteiger partial charge in [0.05, 0.1) is 12.7 Å². The van der Waals surface area contributed by atoms with Crippen LogP contribution in [0.2, 0.25) is 10.0 Å². The highest BCUT2D eigenvalue weighted by molar-refractivity contribution is 6.35. The quantitative estimate of drug-likeness (QED) is 0.552. The van der Waals surface area contributed by atoms with Gasteiger partial charge in [-0.15, -0.1) is 0 Å². The summed E-state index contributed by atoms with van der Waals surface area (Å²) in [5, 5.41) is 1.06. The van der Waals surface area contributed by atoms with E-state index >= 15 is 0 Å². The largest absolute Gasteiger partial charge is 0.465 e. The highest BCUT2D eigenvalue weighted by Crippen LogP contribution is 2.36. The van der Waals surface area contributed by atoms with Crippen LogP contribution >= 0.6 is 23.2 Å². The first-order chi connectivity index (χ1) is 11.5. The van der Waals surface area contributed by atoms with Gasteiger partial charge in [0.25, 0.3) is 0 Å². The van der Waals surface area contributed by atoms with Crippen molar-refractivity contribution in [3.63, 3.8) is 0 Å². The lowest BCUT2D eigenvalue weighted by Crippen LogP contribution is -2.13. The van der Waals surface area contributed by atoms with Gasteiger partial charge < -0.3 is 4.74 Å². The Balaban J connectivity index is 2.00. The lowest BCUT2D eigenvalue weighted by Gasteiger charge is -2.16. The third-order valence-electron chi connectivity index (χ3n) is 4.39. The smallest absolute Gasteiger partial charge is 0.337 e. The Kier molecular flexibility index (Phi) is 4.93. The topological polar surface area (TPSA) is 43.4 Å². The van der Waals surface area contributed by atoms with Crippen molar-refractivity contribution in [1.82, 2.24) is 0 Å². The van der Waals surface area contributed by atoms with Crippen molar-refractivity contribution in [3.05, 3.63) is 68.7 Å². The fraction of sp³-hybridized carbons (Fsp3) is 0.263. The number of Topliss-reactive ketones (excluding diaryl/α,β-unsaturated/α-hetero) is 1. The zero-order valence-electron chi connectivity index (χ0n) is 13.1. The van der Waals surface area contributed by atoms with Crippen molar-refractivity contribution >= 4 is 35.0 Å². The second-order valence-corrected chi connectivity index (χ2v) is 6.68. The van der Waals surface area contributed by atoms with Crippen molar-refractivity contribution in [2.24, 2.45) is 0 Å². The van der Waals surface area contributed by atoms with Gasteiger partial charge in [-0.25, -0.2) is 4.79 Å². The van der Waals surface area contributed by atoms with Crippen LogP contribution in [-0.4, -0.2) is 18.9 Å². The Morgan fingerprint density at radius 3 is 2.67 bits per heavy atom. The lowest BCUT2D eigenvalue weighted by molar-refractivity contribution is 0.0600. The fourth-order valence-electron chi connectivity index (χ4n) is 3.18. The van der Waals surface area contributed by atoms with Crippen LogP contribution in [0.15, 0.2) is 36.4 Å². The Labute approximate surface area is 150 Å². The third-order valence-corrected chi connectivity index (χ3v) is 4.95. The number of fused-ring (bicyclic) bond motifs is 1. The first-order valence-electron chi connectivity index (χ1n) is 7.71. The maximum Gasteiger partial charge on any atom is 0.337 e. The lowest BCUT2D eigenvalue weighted by atomic mass is 9.88. The molecule has 1 atom stereocenters. The molecule has 5 heteroatoms. The summed E-state index contributed by atoms with van der Waals surface area (Å²) >= 11 is 12.2. The SMILES string of the molecule is COC(=O)c1ccc2c(c1)CCC[C@H](c1ccc(Cl)cc1Cl)C2=O. The van der Waals surface area contributed by atoms with E-state index in [1.165, 1.54) is 7.11 Å². The number of rotatable bonds is 2. The van der Waals surface area contributed by atoms with Crippen LogP contribution < -0.4 is 0 Å². The summed E-state index contributed by atoms with van der Waals surface area (Å²) in [5.74, 6) is -0.657. The van der Waals surface area contributed by atoms with E-state index < -0.39 is 5.97 Å². The summed E-state index contributed by atoms with van der Waals surface area (Å²) in [7, 11) is 1.34. The standard InChI is InChI=1S/C19H16Cl2O3/c1-24-19(23)12-5-7-14-11(9-12)3-2-4-16(18(14)22)15-8-6-13(20)10-17(15)21/h5-10,16H,2-4H2,1H3/t16-/m1/s1. The fourth-order valence-corrected chi connectivity index (χ4v) is 3.72. The van der Waals surface area contributed by atoms with E-state index in [1.807, 2.05) is 6.07 Å². The number of ketones is 1. The second-order valence-electron chi connectivity index (χ2n) is 5.84. The molecule has 0 radical (unpaired) electrons. The van der Waals surface area contributed by atoms with Crippen LogP contribution in [0.1, 0.15) is 50.6 Å². The van der Waals surface area contributed by atoms with Gasteiger partial charge >= 0.3 is 5.97 Å². The highest BCUT2D eigenvalue weighted by Gasteiger charge is 2.28. The molecular weight excluding hydrogens is 347 g/mol. The summed E-state index contributed by atoms with van der Waals surface area (Å²) in [5.41, 5.74) is 2.80. The molecular formula is C19H16Cl2O3. The Morgan fingerprint density at radius 2 is 1.96 bits per heavy atom. The van der Waals surface area contributed by atoms with Gasteiger partial charge in [0.1, 0.15) is 0 Å². The number of ether oxygens (including phenoxy) is 1. The number of benzene rings is 2. The Hall–Kier alpha value is -1.84. The van der Waals surface area contributed by atoms with Crippen molar-refractivity contribution in [3.8, 4) is 0 Å². The van der Waals surface area contributed by atoms with Gasteiger partial charge in [-0.1, -0.05) is 35.3 Å². The number of methoxy groups -OCH3 is 1. The van der Waals surface area contributed by atoms with Gasteiger partial charge in [0, 0.05) is 21.5 Å². The Morgan fingerprint density at radius 1 is 1.17 bits per heavy atom. The maximum absolute atomic E-state index is 13.0. The van der Waals surface area contributed by atoms with E-state index in [-0.39, 0.29) is 11.7 Å². The maximum atomic E-state index is 13.0. The molecule has 124 valence electrons. The Bertz CT molecular complexity index is 814. The minimum atomic E-state index is -0.396. The zero-order valence-corrected chi connectivity index (χ0v) is 14.7. The van der Waals surface area contributed by atoms with E-state index in [0.717, 1.165) is 24.0 Å². The predicted molar refractivity (Wildman–Crippen MR) is 94.3 cm³/mol. The molecule has 0 saturated heterocycles. The van der Waals surface area contributed by atoms with Crippen LogP contribution in [0.25, 0.3) is 0 Å². The second kappa shape index (κ2) is 6.96. The minimum absolute atomic E-state index is 0.0307. The molecule has 0 unspecified atom stereocenters. The molecule has 1 aliphatic rings. The molecule has 1 aliphatic carbocycles. The van der Waals surface area contributed by atoms with Gasteiger partial charge in [-0.3, -0.25) is 4.79 Å². The number of carbonyl (C=O) groups excluding carboxylic acids is 2. The molecule has 2 aromatic carbocycles. The molecule has 0 saturated carbocycles. The van der Waals surface area contributed by atoms with Gasteiger partial charge in [-0.05, 0) is 54.7 Å². The number of esters is 1. The third kappa shape index (κ3) is 3.19. The molecule has 0 aliphatic heterocycles. The van der Waals surface area contributed by atoms with Crippen LogP contribution in [0.4, 0.5) is 0 Å². The number of hydrogen-bond acceptors (Lipinski definition) is 3. The molecule has 3 rings (SSSR count). The number of carbonyl (C=O) groups is 2. The molecule has 0 spiro atoms. The van der Waals surface area contributed by atoms with Gasteiger partial charge in [0.15, 0.2) is 5.78 Å². The van der Waals surface area contributed by atoms with Crippen molar-refractivity contribution in [2.45, 2.75) is 25.2 Å². The zero-order chi connectivity index (χ0) is 17.3. The van der Waals surface area contributed by atoms with Crippen molar-refractivity contribution < 1.29 is 14.3 Å². The van der Waals surface area contributed by atoms with Gasteiger partial charge in [-0.2, -0.15) is 0 Å². The van der Waals surface area contributed by atoms with E-state index in [4.69, 9.17) is 27.9 Å². The number of aryl methyl sites for hydroxylation is 1. The molecule has 2 aromatic rings. The first-order valence-corrected chi connectivity index (χ1v) is 8.47. The molecule has 0 bridgehead atoms. The van der Waals surface area contributed by atoms with Crippen molar-refractivity contribution in [1.29, 1.82) is 0 Å². The summed E-state index contributed by atoms with van der Waals surface area (Å²) in [6.07, 6.45) is 2.29. The van der Waals surface area contributed by atoms with E-state index in [1.54, 1.807) is 30.3 Å². The summed E-state index contributed by atoms with van der Waals surface area (Å²) in [6, 6.07) is 10.3. The summed E-state index contributed by atoms with van der Waals surface area (Å²) in [4.78, 5) is 24.7. The van der Waals surface area contributed by atoms with Crippen LogP contribution in [0.5, 0.6) is 0 Å². The molecule has 3 nitrogen and oxygen atoms in total. The normalized spacial score (nSPS) is 17.1. The molecule has 24 heavy (non-hydrogen) atoms. The molecule has 0 N–H and O–H groups in total. The van der Waals surface area contributed by atoms with Crippen molar-refractivity contribution in [2.75, 3.05) is 7.11 Å². The molecule has 0 fully saturated rings. The predicted octanol–water partition coefficient (Wildman–Crippen LogP) is 5.08. The number of hydrogen-bond donors (Lipinski definition) is 0. The van der Waals surface area contributed by atoms with Gasteiger partial charge in [0.2, 0.25) is 0 Å². The molecule has 0 amide bonds. The molecule has 0 heterocycles. The van der Waals surface area contributed by atoms with Crippen LogP contribution in [0, 0.1) is 0 Å². The summed E-state index contributed by atoms with van der Waals surface area (Å²) < 4.78 is 4.75. The van der Waals surface area contributed by atoms with Crippen LogP contribution in [-0.2, 0) is 11.2 Å². The van der Waals surface area contributed by atoms with E-state index in [2.05, 4.69) is 0 Å². The van der Waals surface area contributed by atoms with E-state index in [0.29, 0.717) is 27.6 Å². The number of halogens is 2. The minimum Gasteiger partial charge on any atom is -0.465 e. The van der Waals surface area contributed by atoms with E-state index in [9.17, 15) is 9.59 Å². The first kappa shape index (κ1) is 17.0. The average Bonchev–Trinajstić information content (AvgIpc) is 2.73. The monoisotopic (exact) mass is 362 g/mol. The highest BCUT2D eigenvalue weighted by atomic mass is 35.5. The average molecular weight is 363 g/mol. The molecule has 0 aromatic heterocycles.